The average Bonchev–Trinajstić information content (AvgIpc) is 3.46. The molecule has 1 aromatic carbocycles. The lowest BCUT2D eigenvalue weighted by atomic mass is 9.95. The van der Waals surface area contributed by atoms with Gasteiger partial charge in [0.2, 0.25) is 5.91 Å². The van der Waals surface area contributed by atoms with Crippen molar-refractivity contribution in [3.63, 3.8) is 0 Å². The summed E-state index contributed by atoms with van der Waals surface area (Å²) in [6, 6.07) is 2.68. The van der Waals surface area contributed by atoms with Crippen LogP contribution in [0.15, 0.2) is 34.2 Å². The minimum Gasteiger partial charge on any atom is -0.367 e. The first-order valence-electron chi connectivity index (χ1n) is 14.1. The summed E-state index contributed by atoms with van der Waals surface area (Å²) in [5, 5.41) is 4.27. The number of benzene rings is 1. The zero-order chi connectivity index (χ0) is 31.9. The number of aliphatic imine (C=N–C) groups is 1. The Bertz CT molecular complexity index is 1500. The maximum absolute atomic E-state index is 15.8. The molecule has 236 valence electrons. The van der Waals surface area contributed by atoms with Crippen LogP contribution in [0.3, 0.4) is 0 Å². The second-order valence-corrected chi connectivity index (χ2v) is 12.3. The predicted octanol–water partition coefficient (Wildman–Crippen LogP) is 3.52. The quantitative estimate of drug-likeness (QED) is 0.502. The number of nitrogens with one attached hydrogen (secondary N) is 1. The number of alkyl halides is 3. The maximum atomic E-state index is 15.8. The smallest absolute Gasteiger partial charge is 0.367 e. The molecule has 0 aliphatic carbocycles. The van der Waals surface area contributed by atoms with E-state index in [1.54, 1.807) is 4.90 Å². The van der Waals surface area contributed by atoms with Crippen LogP contribution in [-0.4, -0.2) is 115 Å². The fourth-order valence-corrected chi connectivity index (χ4v) is 6.31. The fraction of sp³-hybridized carbons (Fsp3) is 0.483. The van der Waals surface area contributed by atoms with Crippen molar-refractivity contribution in [2.24, 2.45) is 10.9 Å². The third kappa shape index (κ3) is 6.54. The maximum Gasteiger partial charge on any atom is 0.414 e. The molecule has 0 saturated carbocycles. The molecule has 10 nitrogen and oxygen atoms in total. The first kappa shape index (κ1) is 31.7. The van der Waals surface area contributed by atoms with E-state index in [9.17, 15) is 27.6 Å². The van der Waals surface area contributed by atoms with Crippen LogP contribution in [-0.2, 0) is 9.59 Å². The Morgan fingerprint density at radius 3 is 2.34 bits per heavy atom. The third-order valence-corrected chi connectivity index (χ3v) is 9.20. The Balaban J connectivity index is 1.50. The predicted molar refractivity (Wildman–Crippen MR) is 160 cm³/mol. The lowest BCUT2D eigenvalue weighted by Crippen LogP contribution is -2.55. The summed E-state index contributed by atoms with van der Waals surface area (Å²) < 4.78 is 57.1. The van der Waals surface area contributed by atoms with Gasteiger partial charge in [0, 0.05) is 74.6 Å². The fourth-order valence-electron chi connectivity index (χ4n) is 5.53. The van der Waals surface area contributed by atoms with Crippen molar-refractivity contribution in [2.75, 3.05) is 63.6 Å². The van der Waals surface area contributed by atoms with Crippen molar-refractivity contribution >= 4 is 46.6 Å². The number of carbonyl (C=O) groups is 3. The Morgan fingerprint density at radius 1 is 1.05 bits per heavy atom. The van der Waals surface area contributed by atoms with Crippen LogP contribution in [0.2, 0.25) is 0 Å². The van der Waals surface area contributed by atoms with E-state index in [2.05, 4.69) is 25.1 Å². The molecule has 3 atom stereocenters. The van der Waals surface area contributed by atoms with Crippen LogP contribution in [0, 0.1) is 11.7 Å². The van der Waals surface area contributed by atoms with E-state index in [0.717, 1.165) is 24.4 Å². The number of halogens is 4. The molecule has 3 aliphatic heterocycles. The number of rotatable bonds is 5. The van der Waals surface area contributed by atoms with Crippen LogP contribution in [0.5, 0.6) is 0 Å². The van der Waals surface area contributed by atoms with Crippen molar-refractivity contribution in [2.45, 2.75) is 32.1 Å². The number of hydrogen-bond donors (Lipinski definition) is 1. The van der Waals surface area contributed by atoms with Crippen molar-refractivity contribution in [3.8, 4) is 11.3 Å². The molecule has 1 unspecified atom stereocenters. The lowest BCUT2D eigenvalue weighted by molar-refractivity contribution is -0.124. The molecule has 0 spiro atoms. The molecule has 2 saturated heterocycles. The van der Waals surface area contributed by atoms with Gasteiger partial charge in [-0.3, -0.25) is 19.3 Å². The van der Waals surface area contributed by atoms with Crippen molar-refractivity contribution < 1.29 is 31.9 Å². The number of hydrogen-bond acceptors (Lipinski definition) is 8. The molecular weight excluding hydrogens is 602 g/mol. The van der Waals surface area contributed by atoms with Gasteiger partial charge in [-0.2, -0.15) is 13.2 Å². The molecule has 1 N–H and O–H groups in total. The summed E-state index contributed by atoms with van der Waals surface area (Å²) in [7, 11) is 3.94. The Kier molecular flexibility index (Phi) is 8.92. The van der Waals surface area contributed by atoms with E-state index in [1.165, 1.54) is 17.5 Å². The number of anilines is 2. The van der Waals surface area contributed by atoms with Gasteiger partial charge in [-0.25, -0.2) is 14.4 Å². The second kappa shape index (κ2) is 12.4. The molecule has 1 aromatic heterocycles. The molecule has 3 aliphatic rings. The van der Waals surface area contributed by atoms with Crippen molar-refractivity contribution in [1.82, 2.24) is 19.7 Å². The van der Waals surface area contributed by atoms with Crippen molar-refractivity contribution in [1.29, 1.82) is 0 Å². The van der Waals surface area contributed by atoms with E-state index >= 15 is 4.39 Å². The zero-order valence-electron chi connectivity index (χ0n) is 24.7. The lowest BCUT2D eigenvalue weighted by Gasteiger charge is -2.44. The highest BCUT2D eigenvalue weighted by Gasteiger charge is 2.43. The van der Waals surface area contributed by atoms with Gasteiger partial charge in [0.1, 0.15) is 11.7 Å². The van der Waals surface area contributed by atoms with Gasteiger partial charge >= 0.3 is 6.18 Å². The number of nitrogens with zero attached hydrogens (tertiary/aromatic N) is 6. The number of thiazole rings is 1. The van der Waals surface area contributed by atoms with E-state index in [4.69, 9.17) is 0 Å². The highest BCUT2D eigenvalue weighted by Crippen LogP contribution is 2.38. The molecule has 2 fully saturated rings. The minimum atomic E-state index is -4.95. The molecular formula is C29H33F4N7O3S. The molecule has 5 rings (SSSR count). The monoisotopic (exact) mass is 635 g/mol. The highest BCUT2D eigenvalue weighted by molar-refractivity contribution is 7.12. The molecule has 0 bridgehead atoms. The van der Waals surface area contributed by atoms with Gasteiger partial charge < -0.3 is 20.0 Å². The molecule has 15 heteroatoms. The van der Waals surface area contributed by atoms with E-state index in [1.807, 2.05) is 32.8 Å². The average molecular weight is 636 g/mol. The van der Waals surface area contributed by atoms with Gasteiger partial charge in [0.25, 0.3) is 11.8 Å². The number of aromatic nitrogens is 1. The standard InChI is InChI=1S/C29H33F4N7O3S/c1-16-13-40(14-17(2)38(16)4)24-11-21(30)18(23-15-44-27(36-23)28(43)39-7-5-37(3)6-8-39)9-22(24)35-26(42)19-12-34-25(41)10-20(19)29(31,32)33/h9-12,15-17,19H,5-8,13-14H2,1-4H3,(H,35,42)/t16-,17+,19?. The normalized spacial score (nSPS) is 23.6. The number of amides is 3. The van der Waals surface area contributed by atoms with E-state index < -0.39 is 35.3 Å². The molecule has 3 amide bonds. The topological polar surface area (TPSA) is 101 Å². The Morgan fingerprint density at radius 2 is 1.70 bits per heavy atom. The molecule has 2 aromatic rings. The number of piperazine rings is 2. The summed E-state index contributed by atoms with van der Waals surface area (Å²) >= 11 is 1.07. The summed E-state index contributed by atoms with van der Waals surface area (Å²) in [4.78, 5) is 53.6. The Hall–Kier alpha value is -3.69. The number of dihydropyridines is 1. The van der Waals surface area contributed by atoms with Crippen LogP contribution in [0.25, 0.3) is 11.3 Å². The van der Waals surface area contributed by atoms with Crippen LogP contribution in [0.1, 0.15) is 23.6 Å². The first-order valence-corrected chi connectivity index (χ1v) is 15.0. The molecule has 0 radical (unpaired) electrons. The number of likely N-dealkylation sites (N-methyl/N-ethyl adjacent to an activating group) is 2. The largest absolute Gasteiger partial charge is 0.414 e. The van der Waals surface area contributed by atoms with Gasteiger partial charge in [-0.15, -0.1) is 11.3 Å². The second-order valence-electron chi connectivity index (χ2n) is 11.4. The van der Waals surface area contributed by atoms with Crippen LogP contribution in [0.4, 0.5) is 28.9 Å². The molecule has 4 heterocycles. The minimum absolute atomic E-state index is 0.0213. The summed E-state index contributed by atoms with van der Waals surface area (Å²) in [5.74, 6) is -5.01. The number of carbonyl (C=O) groups excluding carboxylic acids is 3. The van der Waals surface area contributed by atoms with Gasteiger partial charge in [-0.1, -0.05) is 0 Å². The first-order chi connectivity index (χ1) is 20.7. The van der Waals surface area contributed by atoms with E-state index in [0.29, 0.717) is 38.5 Å². The van der Waals surface area contributed by atoms with Crippen molar-refractivity contribution in [3.05, 3.63) is 40.0 Å². The van der Waals surface area contributed by atoms with Crippen LogP contribution >= 0.6 is 11.3 Å². The molecule has 44 heavy (non-hydrogen) atoms. The zero-order valence-corrected chi connectivity index (χ0v) is 25.5. The third-order valence-electron chi connectivity index (χ3n) is 8.37. The van der Waals surface area contributed by atoms with Gasteiger partial charge in [0.05, 0.1) is 22.6 Å². The van der Waals surface area contributed by atoms with E-state index in [-0.39, 0.29) is 45.6 Å². The highest BCUT2D eigenvalue weighted by atomic mass is 32.1. The Labute approximate surface area is 256 Å². The van der Waals surface area contributed by atoms with Crippen LogP contribution < -0.4 is 10.2 Å². The summed E-state index contributed by atoms with van der Waals surface area (Å²) in [6.45, 7) is 7.44. The summed E-state index contributed by atoms with van der Waals surface area (Å²) in [5.41, 5.74) is -0.842. The van der Waals surface area contributed by atoms with Gasteiger partial charge in [-0.05, 0) is 40.1 Å². The SMILES string of the molecule is C[C@@H]1CN(c2cc(F)c(-c3csc(C(=O)N4CCN(C)CC4)n3)cc2NC(=O)C2C=NC(=O)C=C2C(F)(F)F)C[C@H](C)N1C. The van der Waals surface area contributed by atoms with Gasteiger partial charge in [0.15, 0.2) is 5.01 Å². The summed E-state index contributed by atoms with van der Waals surface area (Å²) in [6.07, 6.45) is -3.98.